The van der Waals surface area contributed by atoms with E-state index < -0.39 is 10.0 Å². The second kappa shape index (κ2) is 7.10. The minimum Gasteiger partial charge on any atom is -0.355 e. The molecule has 4 rings (SSSR count). The van der Waals surface area contributed by atoms with Crippen molar-refractivity contribution in [2.24, 2.45) is 0 Å². The number of aryl methyl sites for hydroxylation is 1. The Labute approximate surface area is 167 Å². The van der Waals surface area contributed by atoms with Crippen LogP contribution in [0.3, 0.4) is 0 Å². The number of nitrogens with one attached hydrogen (secondary N) is 1. The Balaban J connectivity index is 1.71. The van der Waals surface area contributed by atoms with Crippen molar-refractivity contribution in [3.05, 3.63) is 52.7 Å². The van der Waals surface area contributed by atoms with Crippen LogP contribution in [-0.2, 0) is 10.0 Å². The molecule has 2 heterocycles. The van der Waals surface area contributed by atoms with Gasteiger partial charge in [-0.25, -0.2) is 8.42 Å². The molecule has 1 saturated heterocycles. The summed E-state index contributed by atoms with van der Waals surface area (Å²) in [6.07, 6.45) is 1.90. The smallest absolute Gasteiger partial charge is 0.276 e. The van der Waals surface area contributed by atoms with Crippen LogP contribution in [-0.4, -0.2) is 37.5 Å². The van der Waals surface area contributed by atoms with Crippen LogP contribution >= 0.6 is 11.6 Å². The maximum Gasteiger partial charge on any atom is 0.276 e. The number of halogens is 1. The number of nitrogens with zero attached hydrogens (tertiary/aromatic N) is 2. The molecular weight excluding hydrogens is 402 g/mol. The molecule has 0 aliphatic carbocycles. The van der Waals surface area contributed by atoms with E-state index in [1.165, 1.54) is 18.2 Å². The van der Waals surface area contributed by atoms with Crippen molar-refractivity contribution < 1.29 is 17.7 Å². The molecule has 1 aliphatic rings. The van der Waals surface area contributed by atoms with Gasteiger partial charge in [0.25, 0.3) is 15.9 Å². The highest BCUT2D eigenvalue weighted by Gasteiger charge is 2.26. The molecule has 9 heteroatoms. The van der Waals surface area contributed by atoms with E-state index in [2.05, 4.69) is 9.88 Å². The number of rotatable bonds is 4. The summed E-state index contributed by atoms with van der Waals surface area (Å²) in [5, 5.41) is 4.68. The lowest BCUT2D eigenvalue weighted by Crippen LogP contribution is -2.28. The quantitative estimate of drug-likeness (QED) is 0.693. The van der Waals surface area contributed by atoms with Crippen LogP contribution in [0.15, 0.2) is 45.8 Å². The van der Waals surface area contributed by atoms with E-state index in [0.29, 0.717) is 34.8 Å². The molecule has 0 spiro atoms. The van der Waals surface area contributed by atoms with E-state index in [9.17, 15) is 13.2 Å². The third kappa shape index (κ3) is 3.45. The van der Waals surface area contributed by atoms with Crippen molar-refractivity contribution in [2.45, 2.75) is 24.7 Å². The van der Waals surface area contributed by atoms with Crippen molar-refractivity contribution in [3.63, 3.8) is 0 Å². The highest BCUT2D eigenvalue weighted by Crippen LogP contribution is 2.27. The molecule has 146 valence electrons. The van der Waals surface area contributed by atoms with Crippen molar-refractivity contribution in [1.29, 1.82) is 0 Å². The number of fused-ring (bicyclic) bond motifs is 1. The average Bonchev–Trinajstić information content (AvgIpc) is 3.33. The van der Waals surface area contributed by atoms with Gasteiger partial charge in [0.1, 0.15) is 0 Å². The molecule has 0 radical (unpaired) electrons. The van der Waals surface area contributed by atoms with Crippen LogP contribution in [0.4, 0.5) is 5.69 Å². The zero-order chi connectivity index (χ0) is 19.9. The maximum absolute atomic E-state index is 12.9. The van der Waals surface area contributed by atoms with Crippen LogP contribution in [0.5, 0.6) is 0 Å². The number of carbonyl (C=O) groups is 1. The maximum atomic E-state index is 12.9. The molecule has 0 unspecified atom stereocenters. The van der Waals surface area contributed by atoms with E-state index >= 15 is 0 Å². The standard InChI is InChI=1S/C19H18ClN3O4S/c1-12-4-5-13(20)10-16(12)22-28(25,26)14-6-7-17-15(11-14)18(21-27-17)19(24)23-8-2-3-9-23/h4-7,10-11,22H,2-3,8-9H2,1H3. The van der Waals surface area contributed by atoms with Crippen LogP contribution in [0.25, 0.3) is 11.0 Å². The summed E-state index contributed by atoms with van der Waals surface area (Å²) < 4.78 is 33.5. The van der Waals surface area contributed by atoms with Crippen molar-refractivity contribution >= 4 is 44.2 Å². The fourth-order valence-electron chi connectivity index (χ4n) is 3.22. The predicted octanol–water partition coefficient (Wildman–Crippen LogP) is 3.83. The number of benzene rings is 2. The van der Waals surface area contributed by atoms with Gasteiger partial charge in [0, 0.05) is 18.1 Å². The molecule has 2 aromatic carbocycles. The first-order chi connectivity index (χ1) is 13.3. The summed E-state index contributed by atoms with van der Waals surface area (Å²) in [6.45, 7) is 3.12. The van der Waals surface area contributed by atoms with E-state index in [1.54, 1.807) is 30.0 Å². The molecule has 28 heavy (non-hydrogen) atoms. The fraction of sp³-hybridized carbons (Fsp3) is 0.263. The molecule has 0 bridgehead atoms. The van der Waals surface area contributed by atoms with E-state index in [1.807, 2.05) is 0 Å². The van der Waals surface area contributed by atoms with Crippen molar-refractivity contribution in [1.82, 2.24) is 10.1 Å². The highest BCUT2D eigenvalue weighted by molar-refractivity contribution is 7.92. The molecule has 0 atom stereocenters. The van der Waals surface area contributed by atoms with Crippen LogP contribution < -0.4 is 4.72 Å². The van der Waals surface area contributed by atoms with Gasteiger partial charge in [-0.3, -0.25) is 9.52 Å². The second-order valence-corrected chi connectivity index (χ2v) is 8.87. The molecule has 1 N–H and O–H groups in total. The van der Waals surface area contributed by atoms with E-state index in [-0.39, 0.29) is 16.5 Å². The molecule has 1 aliphatic heterocycles. The summed E-state index contributed by atoms with van der Waals surface area (Å²) in [5.41, 5.74) is 1.63. The van der Waals surface area contributed by atoms with Crippen molar-refractivity contribution in [2.75, 3.05) is 17.8 Å². The number of aromatic nitrogens is 1. The number of anilines is 1. The number of hydrogen-bond donors (Lipinski definition) is 1. The van der Waals surface area contributed by atoms with Gasteiger partial charge in [0.05, 0.1) is 16.0 Å². The SMILES string of the molecule is Cc1ccc(Cl)cc1NS(=O)(=O)c1ccc2onc(C(=O)N3CCCC3)c2c1. The van der Waals surface area contributed by atoms with Crippen LogP contribution in [0, 0.1) is 6.92 Å². The minimum absolute atomic E-state index is 0.0121. The Kier molecular flexibility index (Phi) is 4.76. The third-order valence-corrected chi connectivity index (χ3v) is 6.39. The lowest BCUT2D eigenvalue weighted by Gasteiger charge is -2.13. The monoisotopic (exact) mass is 419 g/mol. The first kappa shape index (κ1) is 18.8. The van der Waals surface area contributed by atoms with Gasteiger partial charge in [0.15, 0.2) is 11.3 Å². The Morgan fingerprint density at radius 1 is 1.18 bits per heavy atom. The van der Waals surface area contributed by atoms with Gasteiger partial charge in [-0.2, -0.15) is 0 Å². The van der Waals surface area contributed by atoms with E-state index in [4.69, 9.17) is 16.1 Å². The zero-order valence-corrected chi connectivity index (χ0v) is 16.7. The van der Waals surface area contributed by atoms with E-state index in [0.717, 1.165) is 18.4 Å². The lowest BCUT2D eigenvalue weighted by atomic mass is 10.2. The minimum atomic E-state index is -3.89. The molecular formula is C19H18ClN3O4S. The third-order valence-electron chi connectivity index (χ3n) is 4.79. The Bertz CT molecular complexity index is 1170. The summed E-state index contributed by atoms with van der Waals surface area (Å²) >= 11 is 5.98. The predicted molar refractivity (Wildman–Crippen MR) is 106 cm³/mol. The Morgan fingerprint density at radius 2 is 1.93 bits per heavy atom. The normalized spacial score (nSPS) is 14.6. The van der Waals surface area contributed by atoms with Crippen molar-refractivity contribution in [3.8, 4) is 0 Å². The lowest BCUT2D eigenvalue weighted by molar-refractivity contribution is 0.0784. The number of likely N-dealkylation sites (tertiary alicyclic amines) is 1. The van der Waals surface area contributed by atoms with Gasteiger partial charge in [-0.15, -0.1) is 0 Å². The van der Waals surface area contributed by atoms with Gasteiger partial charge in [-0.1, -0.05) is 22.8 Å². The summed E-state index contributed by atoms with van der Waals surface area (Å²) in [7, 11) is -3.89. The first-order valence-electron chi connectivity index (χ1n) is 8.83. The Hall–Kier alpha value is -2.58. The molecule has 1 amide bonds. The van der Waals surface area contributed by atoms with Gasteiger partial charge < -0.3 is 9.42 Å². The molecule has 1 fully saturated rings. The molecule has 3 aromatic rings. The van der Waals surface area contributed by atoms with Gasteiger partial charge >= 0.3 is 0 Å². The highest BCUT2D eigenvalue weighted by atomic mass is 35.5. The number of carbonyl (C=O) groups excluding carboxylic acids is 1. The number of sulfonamides is 1. The summed E-state index contributed by atoms with van der Waals surface area (Å²) in [5.74, 6) is -0.246. The zero-order valence-electron chi connectivity index (χ0n) is 15.1. The molecule has 7 nitrogen and oxygen atoms in total. The summed E-state index contributed by atoms with van der Waals surface area (Å²) in [6, 6.07) is 9.30. The van der Waals surface area contributed by atoms with Crippen LogP contribution in [0.1, 0.15) is 28.9 Å². The van der Waals surface area contributed by atoms with Crippen LogP contribution in [0.2, 0.25) is 5.02 Å². The Morgan fingerprint density at radius 3 is 2.68 bits per heavy atom. The number of amides is 1. The van der Waals surface area contributed by atoms with Gasteiger partial charge in [-0.05, 0) is 55.7 Å². The average molecular weight is 420 g/mol. The summed E-state index contributed by atoms with van der Waals surface area (Å²) in [4.78, 5) is 14.4. The topological polar surface area (TPSA) is 92.5 Å². The second-order valence-electron chi connectivity index (χ2n) is 6.75. The molecule has 1 aromatic heterocycles. The number of hydrogen-bond acceptors (Lipinski definition) is 5. The largest absolute Gasteiger partial charge is 0.355 e. The fourth-order valence-corrected chi connectivity index (χ4v) is 4.54. The molecule has 0 saturated carbocycles. The van der Waals surface area contributed by atoms with Gasteiger partial charge in [0.2, 0.25) is 0 Å². The first-order valence-corrected chi connectivity index (χ1v) is 10.7.